The maximum absolute atomic E-state index is 12.0. The highest BCUT2D eigenvalue weighted by Crippen LogP contribution is 2.24. The van der Waals surface area contributed by atoms with Gasteiger partial charge in [0.15, 0.2) is 0 Å². The number of rotatable bonds is 18. The quantitative estimate of drug-likeness (QED) is 0.105. The van der Waals surface area contributed by atoms with E-state index in [0.717, 1.165) is 35.9 Å². The van der Waals surface area contributed by atoms with Gasteiger partial charge in [0, 0.05) is 48.3 Å². The second kappa shape index (κ2) is 16.4. The molecule has 5 rings (SSSR count). The Kier molecular flexibility index (Phi) is 11.6. The third-order valence-corrected chi connectivity index (χ3v) is 7.45. The molecule has 1 aliphatic carbocycles. The smallest absolute Gasteiger partial charge is 0.251 e. The lowest BCUT2D eigenvalue weighted by molar-refractivity contribution is 0.0519. The third-order valence-electron chi connectivity index (χ3n) is 7.45. The first kappa shape index (κ1) is 31.0. The highest BCUT2D eigenvalue weighted by Gasteiger charge is 2.17. The molecule has 1 amide bonds. The van der Waals surface area contributed by atoms with Crippen molar-refractivity contribution in [2.24, 2.45) is 0 Å². The first-order valence-corrected chi connectivity index (χ1v) is 15.3. The van der Waals surface area contributed by atoms with Crippen LogP contribution in [0.3, 0.4) is 0 Å². The van der Waals surface area contributed by atoms with E-state index in [0.29, 0.717) is 75.5 Å². The van der Waals surface area contributed by atoms with Crippen molar-refractivity contribution < 1.29 is 19.0 Å². The van der Waals surface area contributed by atoms with Gasteiger partial charge < -0.3 is 40.5 Å². The Hall–Kier alpha value is -4.42. The van der Waals surface area contributed by atoms with Crippen LogP contribution >= 0.6 is 0 Å². The molecule has 0 atom stereocenters. The number of hydrogen-bond acceptors (Lipinski definition) is 10. The van der Waals surface area contributed by atoms with Crippen LogP contribution in [0, 0.1) is 0 Å². The maximum Gasteiger partial charge on any atom is 0.251 e. The topological polar surface area (TPSA) is 147 Å². The van der Waals surface area contributed by atoms with Crippen LogP contribution < -0.4 is 26.0 Å². The highest BCUT2D eigenvalue weighted by molar-refractivity contribution is 5.94. The number of carbonyl (C=O) groups excluding carboxylic acids is 1. The van der Waals surface area contributed by atoms with Crippen LogP contribution in [0.1, 0.15) is 41.6 Å². The van der Waals surface area contributed by atoms with Crippen molar-refractivity contribution in [2.75, 3.05) is 69.1 Å². The lowest BCUT2D eigenvalue weighted by atomic mass is 10.1. The van der Waals surface area contributed by atoms with E-state index in [2.05, 4.69) is 47.3 Å². The van der Waals surface area contributed by atoms with Gasteiger partial charge in [0.2, 0.25) is 17.8 Å². The van der Waals surface area contributed by atoms with Gasteiger partial charge in [-0.1, -0.05) is 31.0 Å². The van der Waals surface area contributed by atoms with E-state index < -0.39 is 0 Å². The van der Waals surface area contributed by atoms with Gasteiger partial charge in [0.25, 0.3) is 5.91 Å². The van der Waals surface area contributed by atoms with Crippen LogP contribution in [-0.4, -0.2) is 85.1 Å². The SMILES string of the molecule is COc1ccc2[nH]cc(CCNc3nc(NCCOCCOCCNC(=O)c4ccccc4)nc(NC4CCCC4)n3)c2c1. The normalized spacial score (nSPS) is 13.2. The molecule has 4 aromatic rings. The summed E-state index contributed by atoms with van der Waals surface area (Å²) in [5.74, 6) is 2.32. The van der Waals surface area contributed by atoms with Crippen LogP contribution in [0.25, 0.3) is 10.9 Å². The number of aromatic nitrogens is 4. The van der Waals surface area contributed by atoms with Crippen LogP contribution in [0.4, 0.5) is 17.8 Å². The van der Waals surface area contributed by atoms with Gasteiger partial charge in [-0.25, -0.2) is 0 Å². The van der Waals surface area contributed by atoms with E-state index in [4.69, 9.17) is 14.2 Å². The molecule has 0 bridgehead atoms. The number of carbonyl (C=O) groups is 1. The molecule has 0 radical (unpaired) electrons. The molecule has 12 heteroatoms. The molecule has 234 valence electrons. The van der Waals surface area contributed by atoms with Crippen molar-refractivity contribution in [1.29, 1.82) is 0 Å². The Balaban J connectivity index is 1.03. The lowest BCUT2D eigenvalue weighted by Crippen LogP contribution is -2.27. The minimum atomic E-state index is -0.106. The van der Waals surface area contributed by atoms with Crippen LogP contribution in [0.5, 0.6) is 5.75 Å². The van der Waals surface area contributed by atoms with E-state index in [1.165, 1.54) is 18.4 Å². The number of hydrogen-bond donors (Lipinski definition) is 5. The molecule has 0 saturated heterocycles. The second-order valence-corrected chi connectivity index (χ2v) is 10.6. The number of anilines is 3. The van der Waals surface area contributed by atoms with Gasteiger partial charge in [-0.2, -0.15) is 15.0 Å². The molecule has 0 spiro atoms. The Bertz CT molecular complexity index is 1460. The predicted octanol–water partition coefficient (Wildman–Crippen LogP) is 4.25. The number of ether oxygens (including phenoxy) is 3. The number of methoxy groups -OCH3 is 1. The average Bonchev–Trinajstić information content (AvgIpc) is 3.72. The molecule has 12 nitrogen and oxygen atoms in total. The second-order valence-electron chi connectivity index (χ2n) is 10.6. The number of amides is 1. The van der Waals surface area contributed by atoms with E-state index in [9.17, 15) is 4.79 Å². The first-order valence-electron chi connectivity index (χ1n) is 15.3. The molecule has 2 aromatic heterocycles. The molecule has 1 aliphatic rings. The van der Waals surface area contributed by atoms with Crippen LogP contribution in [0.2, 0.25) is 0 Å². The maximum atomic E-state index is 12.0. The summed E-state index contributed by atoms with van der Waals surface area (Å²) >= 11 is 0. The molecule has 2 aromatic carbocycles. The van der Waals surface area contributed by atoms with E-state index in [1.807, 2.05) is 36.5 Å². The summed E-state index contributed by atoms with van der Waals surface area (Å²) in [5, 5.41) is 14.1. The fraction of sp³-hybridized carbons (Fsp3) is 0.438. The molecule has 2 heterocycles. The molecule has 0 unspecified atom stereocenters. The highest BCUT2D eigenvalue weighted by atomic mass is 16.5. The summed E-state index contributed by atoms with van der Waals surface area (Å²) in [7, 11) is 1.68. The Morgan fingerprint density at radius 3 is 2.32 bits per heavy atom. The average molecular weight is 603 g/mol. The molecule has 1 saturated carbocycles. The van der Waals surface area contributed by atoms with Gasteiger partial charge >= 0.3 is 0 Å². The van der Waals surface area contributed by atoms with Crippen molar-refractivity contribution in [1.82, 2.24) is 25.3 Å². The van der Waals surface area contributed by atoms with Gasteiger partial charge in [0.1, 0.15) is 5.75 Å². The fourth-order valence-electron chi connectivity index (χ4n) is 5.14. The van der Waals surface area contributed by atoms with Crippen LogP contribution in [0.15, 0.2) is 54.7 Å². The lowest BCUT2D eigenvalue weighted by Gasteiger charge is -2.14. The van der Waals surface area contributed by atoms with Gasteiger partial charge in [-0.15, -0.1) is 0 Å². The summed E-state index contributed by atoms with van der Waals surface area (Å²) in [6.45, 7) is 3.43. The van der Waals surface area contributed by atoms with Gasteiger partial charge in [0.05, 0.1) is 33.5 Å². The van der Waals surface area contributed by atoms with Crippen molar-refractivity contribution >= 4 is 34.7 Å². The predicted molar refractivity (Wildman–Crippen MR) is 172 cm³/mol. The van der Waals surface area contributed by atoms with E-state index in [1.54, 1.807) is 19.2 Å². The summed E-state index contributed by atoms with van der Waals surface area (Å²) in [6.07, 6.45) is 7.51. The Morgan fingerprint density at radius 1 is 0.864 bits per heavy atom. The van der Waals surface area contributed by atoms with Crippen LogP contribution in [-0.2, 0) is 15.9 Å². The summed E-state index contributed by atoms with van der Waals surface area (Å²) in [6, 6.07) is 15.5. The van der Waals surface area contributed by atoms with Crippen molar-refractivity contribution in [3.05, 3.63) is 65.9 Å². The molecule has 0 aliphatic heterocycles. The zero-order chi connectivity index (χ0) is 30.4. The van der Waals surface area contributed by atoms with Crippen molar-refractivity contribution in [2.45, 2.75) is 38.1 Å². The third kappa shape index (κ3) is 9.29. The number of nitrogens with one attached hydrogen (secondary N) is 5. The van der Waals surface area contributed by atoms with Gasteiger partial charge in [-0.3, -0.25) is 4.79 Å². The largest absolute Gasteiger partial charge is 0.497 e. The molecule has 44 heavy (non-hydrogen) atoms. The summed E-state index contributed by atoms with van der Waals surface area (Å²) in [5.41, 5.74) is 2.91. The first-order chi connectivity index (χ1) is 21.7. The van der Waals surface area contributed by atoms with Gasteiger partial charge in [-0.05, 0) is 55.2 Å². The Labute approximate surface area is 257 Å². The minimum absolute atomic E-state index is 0.106. The number of H-pyrrole nitrogens is 1. The zero-order valence-electron chi connectivity index (χ0n) is 25.2. The van der Waals surface area contributed by atoms with E-state index in [-0.39, 0.29) is 5.91 Å². The monoisotopic (exact) mass is 602 g/mol. The summed E-state index contributed by atoms with van der Waals surface area (Å²) in [4.78, 5) is 29.2. The zero-order valence-corrected chi connectivity index (χ0v) is 25.2. The standard InChI is InChI=1S/C32H42N8O4/c1-42-26-11-12-28-27(21-26)24(22-36-28)13-14-34-30-38-31(40-32(39-30)37-25-9-5-6-10-25)35-16-18-44-20-19-43-17-15-33-29(41)23-7-3-2-4-8-23/h2-4,7-8,11-12,21-22,25,36H,5-6,9-10,13-20H2,1H3,(H,33,41)(H3,34,35,37,38,39,40). The molecule has 5 N–H and O–H groups in total. The van der Waals surface area contributed by atoms with E-state index >= 15 is 0 Å². The summed E-state index contributed by atoms with van der Waals surface area (Å²) < 4.78 is 16.6. The molecular weight excluding hydrogens is 560 g/mol. The number of benzene rings is 2. The molecule has 1 fully saturated rings. The number of aromatic amines is 1. The van der Waals surface area contributed by atoms with Crippen molar-refractivity contribution in [3.63, 3.8) is 0 Å². The van der Waals surface area contributed by atoms with Crippen molar-refractivity contribution in [3.8, 4) is 5.75 Å². The minimum Gasteiger partial charge on any atom is -0.497 e. The number of nitrogens with zero attached hydrogens (tertiary/aromatic N) is 3. The fourth-order valence-corrected chi connectivity index (χ4v) is 5.14. The molecular formula is C32H42N8O4. The Morgan fingerprint density at radius 2 is 1.57 bits per heavy atom. The number of fused-ring (bicyclic) bond motifs is 1.